The van der Waals surface area contributed by atoms with E-state index in [1.165, 1.54) is 0 Å². The topological polar surface area (TPSA) is 68.5 Å². The molecule has 19 heavy (non-hydrogen) atoms. The maximum atomic E-state index is 11.6. The van der Waals surface area contributed by atoms with E-state index in [2.05, 4.69) is 18.8 Å². The molecule has 0 aromatic carbocycles. The zero-order chi connectivity index (χ0) is 14.3. The predicted molar refractivity (Wildman–Crippen MR) is 74.3 cm³/mol. The second kappa shape index (κ2) is 7.86. The molecule has 106 valence electrons. The van der Waals surface area contributed by atoms with Crippen LogP contribution >= 0.6 is 0 Å². The Labute approximate surface area is 114 Å². The van der Waals surface area contributed by atoms with Crippen molar-refractivity contribution in [3.8, 4) is 0 Å². The van der Waals surface area contributed by atoms with Crippen LogP contribution in [0.5, 0.6) is 0 Å². The summed E-state index contributed by atoms with van der Waals surface area (Å²) < 4.78 is 5.00. The van der Waals surface area contributed by atoms with Gasteiger partial charge in [-0.05, 0) is 32.4 Å². The highest BCUT2D eigenvalue weighted by molar-refractivity contribution is 5.71. The number of aromatic nitrogens is 1. The van der Waals surface area contributed by atoms with E-state index in [1.807, 2.05) is 24.0 Å². The standard InChI is InChI=1S/C14H23N3O2/c1-4-19-14(18)10-17(11(2)3)9-12-6-5-7-16-13(12)8-15/h5-7,11H,4,8-10,15H2,1-3H3. The number of ether oxygens (including phenoxy) is 1. The van der Waals surface area contributed by atoms with E-state index in [0.29, 0.717) is 19.7 Å². The maximum Gasteiger partial charge on any atom is 0.320 e. The molecule has 0 spiro atoms. The summed E-state index contributed by atoms with van der Waals surface area (Å²) in [5.74, 6) is -0.200. The number of esters is 1. The lowest BCUT2D eigenvalue weighted by Gasteiger charge is -2.26. The number of hydrogen-bond acceptors (Lipinski definition) is 5. The summed E-state index contributed by atoms with van der Waals surface area (Å²) in [4.78, 5) is 17.9. The second-order valence-corrected chi connectivity index (χ2v) is 4.62. The molecule has 0 amide bonds. The van der Waals surface area contributed by atoms with Crippen molar-refractivity contribution in [1.82, 2.24) is 9.88 Å². The number of carbonyl (C=O) groups is 1. The molecule has 5 heteroatoms. The highest BCUT2D eigenvalue weighted by atomic mass is 16.5. The molecule has 1 aromatic rings. The van der Waals surface area contributed by atoms with Crippen molar-refractivity contribution in [2.24, 2.45) is 5.73 Å². The zero-order valence-corrected chi connectivity index (χ0v) is 11.9. The van der Waals surface area contributed by atoms with Crippen molar-refractivity contribution in [1.29, 1.82) is 0 Å². The molecule has 5 nitrogen and oxygen atoms in total. The van der Waals surface area contributed by atoms with Crippen molar-refractivity contribution in [2.75, 3.05) is 13.2 Å². The highest BCUT2D eigenvalue weighted by Gasteiger charge is 2.16. The first kappa shape index (κ1) is 15.6. The highest BCUT2D eigenvalue weighted by Crippen LogP contribution is 2.11. The Balaban J connectivity index is 2.75. The van der Waals surface area contributed by atoms with E-state index in [1.54, 1.807) is 6.20 Å². The fraction of sp³-hybridized carbons (Fsp3) is 0.571. The van der Waals surface area contributed by atoms with Crippen molar-refractivity contribution in [3.05, 3.63) is 29.6 Å². The molecule has 1 aromatic heterocycles. The van der Waals surface area contributed by atoms with E-state index in [9.17, 15) is 4.79 Å². The Morgan fingerprint density at radius 2 is 2.26 bits per heavy atom. The van der Waals surface area contributed by atoms with Gasteiger partial charge in [-0.2, -0.15) is 0 Å². The van der Waals surface area contributed by atoms with Crippen LogP contribution in [0, 0.1) is 0 Å². The fourth-order valence-corrected chi connectivity index (χ4v) is 1.81. The molecule has 0 aliphatic heterocycles. The molecular weight excluding hydrogens is 242 g/mol. The molecule has 2 N–H and O–H groups in total. The molecule has 0 radical (unpaired) electrons. The predicted octanol–water partition coefficient (Wildman–Crippen LogP) is 1.31. The Morgan fingerprint density at radius 3 is 2.84 bits per heavy atom. The van der Waals surface area contributed by atoms with Gasteiger partial charge in [-0.1, -0.05) is 6.07 Å². The van der Waals surface area contributed by atoms with Gasteiger partial charge in [0.25, 0.3) is 0 Å². The number of nitrogens with zero attached hydrogens (tertiary/aromatic N) is 2. The Hall–Kier alpha value is -1.46. The monoisotopic (exact) mass is 265 g/mol. The largest absolute Gasteiger partial charge is 0.465 e. The van der Waals surface area contributed by atoms with Crippen LogP contribution in [0.2, 0.25) is 0 Å². The molecule has 1 rings (SSSR count). The van der Waals surface area contributed by atoms with Crippen LogP contribution in [-0.4, -0.2) is 35.0 Å². The minimum Gasteiger partial charge on any atom is -0.465 e. The lowest BCUT2D eigenvalue weighted by molar-refractivity contribution is -0.145. The molecule has 0 unspecified atom stereocenters. The van der Waals surface area contributed by atoms with E-state index >= 15 is 0 Å². The molecule has 0 bridgehead atoms. The average Bonchev–Trinajstić information content (AvgIpc) is 2.38. The minimum absolute atomic E-state index is 0.200. The Kier molecular flexibility index (Phi) is 6.45. The third-order valence-electron chi connectivity index (χ3n) is 2.92. The second-order valence-electron chi connectivity index (χ2n) is 4.62. The summed E-state index contributed by atoms with van der Waals surface area (Å²) in [6.45, 7) is 7.66. The van der Waals surface area contributed by atoms with Gasteiger partial charge in [0.2, 0.25) is 0 Å². The summed E-state index contributed by atoms with van der Waals surface area (Å²) in [6, 6.07) is 4.13. The van der Waals surface area contributed by atoms with Crippen molar-refractivity contribution < 1.29 is 9.53 Å². The summed E-state index contributed by atoms with van der Waals surface area (Å²) in [5.41, 5.74) is 7.61. The average molecular weight is 265 g/mol. The summed E-state index contributed by atoms with van der Waals surface area (Å²) in [5, 5.41) is 0. The quantitative estimate of drug-likeness (QED) is 0.753. The maximum absolute atomic E-state index is 11.6. The smallest absolute Gasteiger partial charge is 0.320 e. The van der Waals surface area contributed by atoms with Crippen LogP contribution in [0.3, 0.4) is 0 Å². The Bertz CT molecular complexity index is 407. The first-order valence-electron chi connectivity index (χ1n) is 6.61. The number of nitrogens with two attached hydrogens (primary N) is 1. The van der Waals surface area contributed by atoms with Gasteiger partial charge in [-0.3, -0.25) is 14.7 Å². The molecule has 0 aliphatic rings. The van der Waals surface area contributed by atoms with E-state index in [-0.39, 0.29) is 18.6 Å². The number of pyridine rings is 1. The van der Waals surface area contributed by atoms with Gasteiger partial charge in [0.15, 0.2) is 0 Å². The molecule has 0 atom stereocenters. The van der Waals surface area contributed by atoms with E-state index in [0.717, 1.165) is 11.3 Å². The normalized spacial score (nSPS) is 11.1. The Morgan fingerprint density at radius 1 is 1.53 bits per heavy atom. The number of hydrogen-bond donors (Lipinski definition) is 1. The van der Waals surface area contributed by atoms with Gasteiger partial charge < -0.3 is 10.5 Å². The fourth-order valence-electron chi connectivity index (χ4n) is 1.81. The van der Waals surface area contributed by atoms with Crippen LogP contribution in [0.25, 0.3) is 0 Å². The van der Waals surface area contributed by atoms with Crippen LogP contribution in [0.1, 0.15) is 32.0 Å². The SMILES string of the molecule is CCOC(=O)CN(Cc1cccnc1CN)C(C)C. The molecular formula is C14H23N3O2. The van der Waals surface area contributed by atoms with Gasteiger partial charge >= 0.3 is 5.97 Å². The van der Waals surface area contributed by atoms with Crippen LogP contribution in [0.15, 0.2) is 18.3 Å². The van der Waals surface area contributed by atoms with Crippen LogP contribution in [-0.2, 0) is 22.6 Å². The minimum atomic E-state index is -0.200. The molecule has 1 heterocycles. The number of rotatable bonds is 7. The molecule has 0 fully saturated rings. The van der Waals surface area contributed by atoms with Crippen LogP contribution < -0.4 is 5.73 Å². The van der Waals surface area contributed by atoms with E-state index in [4.69, 9.17) is 10.5 Å². The van der Waals surface area contributed by atoms with Crippen LogP contribution in [0.4, 0.5) is 0 Å². The van der Waals surface area contributed by atoms with Gasteiger partial charge in [-0.15, -0.1) is 0 Å². The lowest BCUT2D eigenvalue weighted by Crippen LogP contribution is -2.36. The lowest BCUT2D eigenvalue weighted by atomic mass is 10.1. The van der Waals surface area contributed by atoms with Gasteiger partial charge in [0.05, 0.1) is 18.8 Å². The third kappa shape index (κ3) is 4.96. The van der Waals surface area contributed by atoms with Gasteiger partial charge in [0, 0.05) is 25.3 Å². The summed E-state index contributed by atoms with van der Waals surface area (Å²) >= 11 is 0. The third-order valence-corrected chi connectivity index (χ3v) is 2.92. The van der Waals surface area contributed by atoms with Crippen molar-refractivity contribution >= 4 is 5.97 Å². The zero-order valence-electron chi connectivity index (χ0n) is 11.9. The summed E-state index contributed by atoms with van der Waals surface area (Å²) in [6.07, 6.45) is 1.73. The van der Waals surface area contributed by atoms with Gasteiger partial charge in [-0.25, -0.2) is 0 Å². The molecule has 0 saturated heterocycles. The molecule has 0 saturated carbocycles. The molecule has 0 aliphatic carbocycles. The number of carbonyl (C=O) groups excluding carboxylic acids is 1. The first-order chi connectivity index (χ1) is 9.08. The van der Waals surface area contributed by atoms with Crippen molar-refractivity contribution in [3.63, 3.8) is 0 Å². The van der Waals surface area contributed by atoms with Crippen molar-refractivity contribution in [2.45, 2.75) is 39.9 Å². The first-order valence-corrected chi connectivity index (χ1v) is 6.61. The van der Waals surface area contributed by atoms with E-state index < -0.39 is 0 Å². The van der Waals surface area contributed by atoms with Gasteiger partial charge in [0.1, 0.15) is 0 Å². The summed E-state index contributed by atoms with van der Waals surface area (Å²) in [7, 11) is 0.